The standard InChI is InChI=1S/C23H26N6O4/c1-12-18(20(30)22(32)26-23(3,4)17-11-24-28-27-17)13(2)29(5)19(12)21(31)25-15-6-7-16-14(10-15)8-9-33-16/h6-11,24,27-28H,1-5H3,(H,25,31)(H,26,32). The minimum atomic E-state index is -0.828. The highest BCUT2D eigenvalue weighted by Gasteiger charge is 2.33. The van der Waals surface area contributed by atoms with E-state index in [1.165, 1.54) is 0 Å². The van der Waals surface area contributed by atoms with Crippen LogP contribution < -0.4 is 27.0 Å². The van der Waals surface area contributed by atoms with Crippen LogP contribution in [0.5, 0.6) is 0 Å². The number of hydrazine groups is 2. The summed E-state index contributed by atoms with van der Waals surface area (Å²) in [6.45, 7) is 6.92. The lowest BCUT2D eigenvalue weighted by Gasteiger charge is -2.26. The summed E-state index contributed by atoms with van der Waals surface area (Å²) in [4.78, 5) is 39.0. The van der Waals surface area contributed by atoms with Crippen molar-refractivity contribution in [1.82, 2.24) is 26.3 Å². The van der Waals surface area contributed by atoms with Gasteiger partial charge in [-0.3, -0.25) is 14.4 Å². The van der Waals surface area contributed by atoms with Crippen LogP contribution in [0.3, 0.4) is 0 Å². The molecule has 0 unspecified atom stereocenters. The first kappa shape index (κ1) is 22.2. The van der Waals surface area contributed by atoms with Gasteiger partial charge in [-0.25, -0.2) is 0 Å². The van der Waals surface area contributed by atoms with Crippen LogP contribution in [0.25, 0.3) is 11.0 Å². The molecule has 0 aliphatic carbocycles. The molecule has 0 atom stereocenters. The number of hydrogen-bond donors (Lipinski definition) is 5. The summed E-state index contributed by atoms with van der Waals surface area (Å²) < 4.78 is 6.96. The Morgan fingerprint density at radius 1 is 1.12 bits per heavy atom. The lowest BCUT2D eigenvalue weighted by atomic mass is 9.99. The van der Waals surface area contributed by atoms with Gasteiger partial charge in [-0.2, -0.15) is 5.53 Å². The van der Waals surface area contributed by atoms with Gasteiger partial charge < -0.3 is 30.5 Å². The average molecular weight is 450 g/mol. The number of ketones is 1. The van der Waals surface area contributed by atoms with E-state index in [-0.39, 0.29) is 11.5 Å². The van der Waals surface area contributed by atoms with Gasteiger partial charge in [-0.05, 0) is 57.5 Å². The molecule has 0 bridgehead atoms. The van der Waals surface area contributed by atoms with E-state index < -0.39 is 17.2 Å². The number of nitrogens with one attached hydrogen (secondary N) is 5. The molecule has 33 heavy (non-hydrogen) atoms. The smallest absolute Gasteiger partial charge is 0.293 e. The van der Waals surface area contributed by atoms with Gasteiger partial charge in [-0.1, -0.05) is 0 Å². The molecule has 172 valence electrons. The molecule has 5 N–H and O–H groups in total. The second-order valence-corrected chi connectivity index (χ2v) is 8.48. The van der Waals surface area contributed by atoms with Crippen molar-refractivity contribution in [3.63, 3.8) is 0 Å². The monoisotopic (exact) mass is 450 g/mol. The molecular weight excluding hydrogens is 424 g/mol. The second kappa shape index (κ2) is 8.14. The van der Waals surface area contributed by atoms with Crippen molar-refractivity contribution in [3.8, 4) is 0 Å². The number of carbonyl (C=O) groups is 3. The van der Waals surface area contributed by atoms with E-state index in [4.69, 9.17) is 4.42 Å². The number of aromatic nitrogens is 1. The Kier molecular flexibility index (Phi) is 5.46. The molecule has 4 rings (SSSR count). The highest BCUT2D eigenvalue weighted by atomic mass is 16.3. The zero-order valence-corrected chi connectivity index (χ0v) is 19.0. The Labute approximate surface area is 190 Å². The molecule has 3 heterocycles. The Morgan fingerprint density at radius 2 is 1.88 bits per heavy atom. The summed E-state index contributed by atoms with van der Waals surface area (Å²) in [6.07, 6.45) is 3.24. The SMILES string of the molecule is Cc1c(C(=O)C(=O)NC(C)(C)C2=CNNN2)c(C)n(C)c1C(=O)Nc1ccc2occc2c1. The van der Waals surface area contributed by atoms with Crippen LogP contribution in [-0.2, 0) is 11.8 Å². The Hall–Kier alpha value is -4.05. The third kappa shape index (κ3) is 3.96. The summed E-state index contributed by atoms with van der Waals surface area (Å²) in [5, 5.41) is 6.47. The zero-order chi connectivity index (χ0) is 23.9. The summed E-state index contributed by atoms with van der Waals surface area (Å²) in [5.74, 6) is -1.84. The van der Waals surface area contributed by atoms with Gasteiger partial charge in [-0.15, -0.1) is 0 Å². The molecule has 2 amide bonds. The molecule has 1 aromatic carbocycles. The summed E-state index contributed by atoms with van der Waals surface area (Å²) in [6, 6.07) is 7.13. The van der Waals surface area contributed by atoms with Gasteiger partial charge >= 0.3 is 0 Å². The lowest BCUT2D eigenvalue weighted by Crippen LogP contribution is -2.51. The van der Waals surface area contributed by atoms with Crippen molar-refractivity contribution < 1.29 is 18.8 Å². The minimum absolute atomic E-state index is 0.214. The topological polar surface area (TPSA) is 129 Å². The quantitative estimate of drug-likeness (QED) is 0.287. The number of rotatable bonds is 6. The Bertz CT molecular complexity index is 1310. The van der Waals surface area contributed by atoms with Crippen LogP contribution in [0.4, 0.5) is 5.69 Å². The van der Waals surface area contributed by atoms with Crippen molar-refractivity contribution >= 4 is 34.3 Å². The fourth-order valence-electron chi connectivity index (χ4n) is 3.97. The summed E-state index contributed by atoms with van der Waals surface area (Å²) in [7, 11) is 1.69. The molecule has 0 radical (unpaired) electrons. The Balaban J connectivity index is 1.58. The predicted molar refractivity (Wildman–Crippen MR) is 123 cm³/mol. The first-order chi connectivity index (χ1) is 15.6. The molecule has 0 saturated carbocycles. The molecule has 0 spiro atoms. The normalized spacial score (nSPS) is 13.3. The van der Waals surface area contributed by atoms with E-state index in [2.05, 4.69) is 27.0 Å². The van der Waals surface area contributed by atoms with E-state index in [1.807, 2.05) is 6.07 Å². The lowest BCUT2D eigenvalue weighted by molar-refractivity contribution is -0.118. The van der Waals surface area contributed by atoms with E-state index in [1.54, 1.807) is 70.0 Å². The van der Waals surface area contributed by atoms with Crippen LogP contribution in [0.2, 0.25) is 0 Å². The van der Waals surface area contributed by atoms with Gasteiger partial charge in [0.15, 0.2) is 0 Å². The van der Waals surface area contributed by atoms with Crippen molar-refractivity contribution in [2.24, 2.45) is 7.05 Å². The van der Waals surface area contributed by atoms with Crippen molar-refractivity contribution in [2.45, 2.75) is 33.2 Å². The maximum Gasteiger partial charge on any atom is 0.293 e. The van der Waals surface area contributed by atoms with Crippen LogP contribution in [0, 0.1) is 13.8 Å². The maximum absolute atomic E-state index is 13.1. The molecule has 10 nitrogen and oxygen atoms in total. The van der Waals surface area contributed by atoms with Gasteiger partial charge in [0.2, 0.25) is 0 Å². The van der Waals surface area contributed by atoms with Gasteiger partial charge in [0.25, 0.3) is 17.6 Å². The summed E-state index contributed by atoms with van der Waals surface area (Å²) in [5.41, 5.74) is 11.0. The highest BCUT2D eigenvalue weighted by molar-refractivity contribution is 6.43. The number of nitrogens with zero attached hydrogens (tertiary/aromatic N) is 1. The predicted octanol–water partition coefficient (Wildman–Crippen LogP) is 2.17. The van der Waals surface area contributed by atoms with Crippen LogP contribution in [0.15, 0.2) is 46.8 Å². The number of fused-ring (bicyclic) bond motifs is 1. The average Bonchev–Trinajstić information content (AvgIpc) is 3.48. The van der Waals surface area contributed by atoms with Crippen molar-refractivity contribution in [2.75, 3.05) is 5.32 Å². The minimum Gasteiger partial charge on any atom is -0.464 e. The molecule has 1 aliphatic heterocycles. The first-order valence-corrected chi connectivity index (χ1v) is 10.4. The van der Waals surface area contributed by atoms with Gasteiger partial charge in [0.05, 0.1) is 23.1 Å². The van der Waals surface area contributed by atoms with E-state index in [0.717, 1.165) is 11.0 Å². The van der Waals surface area contributed by atoms with E-state index >= 15 is 0 Å². The number of amides is 2. The molecule has 1 aliphatic rings. The second-order valence-electron chi connectivity index (χ2n) is 8.48. The molecular formula is C23H26N6O4. The molecule has 10 heteroatoms. The van der Waals surface area contributed by atoms with Crippen LogP contribution in [-0.4, -0.2) is 27.7 Å². The van der Waals surface area contributed by atoms with Crippen molar-refractivity contribution in [3.05, 3.63) is 64.9 Å². The van der Waals surface area contributed by atoms with Crippen LogP contribution >= 0.6 is 0 Å². The number of Topliss-reactive ketones (excluding diaryl/α,β-unsaturated/α-hetero) is 1. The number of carbonyl (C=O) groups excluding carboxylic acids is 3. The number of anilines is 1. The maximum atomic E-state index is 13.1. The molecule has 0 fully saturated rings. The highest BCUT2D eigenvalue weighted by Crippen LogP contribution is 2.25. The van der Waals surface area contributed by atoms with E-state index in [9.17, 15) is 14.4 Å². The third-order valence-corrected chi connectivity index (χ3v) is 5.87. The van der Waals surface area contributed by atoms with Crippen LogP contribution in [0.1, 0.15) is 46.0 Å². The molecule has 3 aromatic rings. The van der Waals surface area contributed by atoms with Gasteiger partial charge in [0.1, 0.15) is 11.3 Å². The number of hydrogen-bond acceptors (Lipinski definition) is 7. The Morgan fingerprint density at radius 3 is 2.58 bits per heavy atom. The first-order valence-electron chi connectivity index (χ1n) is 10.4. The number of furan rings is 1. The largest absolute Gasteiger partial charge is 0.464 e. The number of benzene rings is 1. The third-order valence-electron chi connectivity index (χ3n) is 5.87. The summed E-state index contributed by atoms with van der Waals surface area (Å²) >= 11 is 0. The molecule has 0 saturated heterocycles. The molecule has 2 aromatic heterocycles. The fraction of sp³-hybridized carbons (Fsp3) is 0.261. The zero-order valence-electron chi connectivity index (χ0n) is 19.0. The van der Waals surface area contributed by atoms with E-state index in [0.29, 0.717) is 28.3 Å². The fourth-order valence-corrected chi connectivity index (χ4v) is 3.97. The van der Waals surface area contributed by atoms with Crippen molar-refractivity contribution in [1.29, 1.82) is 0 Å². The van der Waals surface area contributed by atoms with Gasteiger partial charge in [0, 0.05) is 30.0 Å².